The SMILES string of the molecule is CCCCC(C)OCC(CNC(=O)CCC(=O)NCC)OC=O. The molecule has 0 aromatic rings. The number of rotatable bonds is 14. The van der Waals surface area contributed by atoms with Crippen molar-refractivity contribution in [3.63, 3.8) is 0 Å². The summed E-state index contributed by atoms with van der Waals surface area (Å²) < 4.78 is 10.5. The minimum atomic E-state index is -0.523. The molecule has 0 heterocycles. The van der Waals surface area contributed by atoms with Crippen LogP contribution in [0.5, 0.6) is 0 Å². The second-order valence-electron chi connectivity index (χ2n) is 5.40. The van der Waals surface area contributed by atoms with Crippen LogP contribution in [0, 0.1) is 0 Å². The van der Waals surface area contributed by atoms with Gasteiger partial charge in [0.25, 0.3) is 6.47 Å². The van der Waals surface area contributed by atoms with Crippen molar-refractivity contribution in [1.29, 1.82) is 0 Å². The van der Waals surface area contributed by atoms with E-state index in [-0.39, 0.29) is 43.9 Å². The molecule has 2 unspecified atom stereocenters. The van der Waals surface area contributed by atoms with E-state index in [0.29, 0.717) is 13.0 Å². The first-order valence-corrected chi connectivity index (χ1v) is 8.27. The zero-order valence-electron chi connectivity index (χ0n) is 14.4. The summed E-state index contributed by atoms with van der Waals surface area (Å²) in [6.07, 6.45) is 2.94. The van der Waals surface area contributed by atoms with Gasteiger partial charge in [0.05, 0.1) is 19.3 Å². The topological polar surface area (TPSA) is 93.7 Å². The van der Waals surface area contributed by atoms with Crippen molar-refractivity contribution in [3.05, 3.63) is 0 Å². The van der Waals surface area contributed by atoms with Crippen molar-refractivity contribution in [2.45, 2.75) is 65.1 Å². The van der Waals surface area contributed by atoms with Gasteiger partial charge in [0.1, 0.15) is 6.10 Å². The first-order valence-electron chi connectivity index (χ1n) is 8.27. The van der Waals surface area contributed by atoms with Crippen molar-refractivity contribution in [2.24, 2.45) is 0 Å². The quantitative estimate of drug-likeness (QED) is 0.466. The Morgan fingerprint density at radius 1 is 1.13 bits per heavy atom. The van der Waals surface area contributed by atoms with Crippen molar-refractivity contribution < 1.29 is 23.9 Å². The van der Waals surface area contributed by atoms with Gasteiger partial charge >= 0.3 is 0 Å². The summed E-state index contributed by atoms with van der Waals surface area (Å²) in [5, 5.41) is 5.27. The normalized spacial score (nSPS) is 13.0. The van der Waals surface area contributed by atoms with Gasteiger partial charge in [-0.2, -0.15) is 0 Å². The van der Waals surface area contributed by atoms with Crippen LogP contribution in [0.15, 0.2) is 0 Å². The number of unbranched alkanes of at least 4 members (excludes halogenated alkanes) is 1. The van der Waals surface area contributed by atoms with Crippen molar-refractivity contribution >= 4 is 18.3 Å². The van der Waals surface area contributed by atoms with Crippen LogP contribution >= 0.6 is 0 Å². The lowest BCUT2D eigenvalue weighted by molar-refractivity contribution is -0.138. The van der Waals surface area contributed by atoms with Crippen LogP contribution in [0.2, 0.25) is 0 Å². The van der Waals surface area contributed by atoms with Gasteiger partial charge in [0.2, 0.25) is 11.8 Å². The summed E-state index contributed by atoms with van der Waals surface area (Å²) >= 11 is 0. The average molecular weight is 330 g/mol. The van der Waals surface area contributed by atoms with Gasteiger partial charge in [-0.3, -0.25) is 14.4 Å². The van der Waals surface area contributed by atoms with E-state index in [0.717, 1.165) is 19.3 Å². The van der Waals surface area contributed by atoms with Crippen LogP contribution in [0.4, 0.5) is 0 Å². The van der Waals surface area contributed by atoms with Crippen LogP contribution in [0.25, 0.3) is 0 Å². The lowest BCUT2D eigenvalue weighted by atomic mass is 10.2. The van der Waals surface area contributed by atoms with E-state index < -0.39 is 6.10 Å². The molecule has 134 valence electrons. The highest BCUT2D eigenvalue weighted by molar-refractivity contribution is 5.83. The lowest BCUT2D eigenvalue weighted by Crippen LogP contribution is -2.37. The molecule has 0 aromatic heterocycles. The van der Waals surface area contributed by atoms with Gasteiger partial charge in [-0.1, -0.05) is 19.8 Å². The van der Waals surface area contributed by atoms with Crippen LogP contribution in [0.3, 0.4) is 0 Å². The third kappa shape index (κ3) is 12.6. The van der Waals surface area contributed by atoms with Gasteiger partial charge in [0, 0.05) is 19.4 Å². The molecule has 0 aliphatic carbocycles. The minimum Gasteiger partial charge on any atom is -0.460 e. The van der Waals surface area contributed by atoms with Gasteiger partial charge in [-0.05, 0) is 20.3 Å². The molecule has 0 aromatic carbocycles. The summed E-state index contributed by atoms with van der Waals surface area (Å²) in [5.41, 5.74) is 0. The Kier molecular flexibility index (Phi) is 13.0. The maximum Gasteiger partial charge on any atom is 0.293 e. The fraction of sp³-hybridized carbons (Fsp3) is 0.812. The van der Waals surface area contributed by atoms with E-state index in [9.17, 15) is 14.4 Å². The van der Waals surface area contributed by atoms with Crippen molar-refractivity contribution in [2.75, 3.05) is 19.7 Å². The van der Waals surface area contributed by atoms with Crippen LogP contribution < -0.4 is 10.6 Å². The second kappa shape index (κ2) is 14.0. The van der Waals surface area contributed by atoms with Gasteiger partial charge < -0.3 is 20.1 Å². The van der Waals surface area contributed by atoms with Gasteiger partial charge in [0.15, 0.2) is 0 Å². The lowest BCUT2D eigenvalue weighted by Gasteiger charge is -2.19. The molecule has 7 heteroatoms. The highest BCUT2D eigenvalue weighted by atomic mass is 16.6. The molecule has 23 heavy (non-hydrogen) atoms. The summed E-state index contributed by atoms with van der Waals surface area (Å²) in [6, 6.07) is 0. The Bertz CT molecular complexity index is 349. The zero-order chi connectivity index (χ0) is 17.5. The number of hydrogen-bond donors (Lipinski definition) is 2. The number of carbonyl (C=O) groups excluding carboxylic acids is 3. The summed E-state index contributed by atoms with van der Waals surface area (Å²) in [4.78, 5) is 33.5. The molecular formula is C16H30N2O5. The maximum atomic E-state index is 11.7. The molecule has 0 bridgehead atoms. The Hall–Kier alpha value is -1.63. The number of carbonyl (C=O) groups is 3. The molecule has 2 atom stereocenters. The third-order valence-corrected chi connectivity index (χ3v) is 3.26. The molecule has 2 amide bonds. The largest absolute Gasteiger partial charge is 0.460 e. The molecule has 0 radical (unpaired) electrons. The van der Waals surface area contributed by atoms with Gasteiger partial charge in [-0.15, -0.1) is 0 Å². The first-order chi connectivity index (χ1) is 11.0. The number of hydrogen-bond acceptors (Lipinski definition) is 5. The fourth-order valence-electron chi connectivity index (χ4n) is 1.90. The molecule has 2 N–H and O–H groups in total. The summed E-state index contributed by atoms with van der Waals surface area (Å²) in [7, 11) is 0. The second-order valence-corrected chi connectivity index (χ2v) is 5.40. The fourth-order valence-corrected chi connectivity index (χ4v) is 1.90. The molecular weight excluding hydrogens is 300 g/mol. The van der Waals surface area contributed by atoms with E-state index in [4.69, 9.17) is 9.47 Å². The predicted octanol–water partition coefficient (Wildman–Crippen LogP) is 1.16. The first kappa shape index (κ1) is 21.4. The van der Waals surface area contributed by atoms with Crippen LogP contribution in [-0.4, -0.2) is 50.2 Å². The minimum absolute atomic E-state index is 0.0844. The Morgan fingerprint density at radius 3 is 2.35 bits per heavy atom. The van der Waals surface area contributed by atoms with Gasteiger partial charge in [-0.25, -0.2) is 0 Å². The average Bonchev–Trinajstić information content (AvgIpc) is 2.53. The summed E-state index contributed by atoms with van der Waals surface area (Å²) in [5.74, 6) is -0.411. The van der Waals surface area contributed by atoms with Crippen molar-refractivity contribution in [1.82, 2.24) is 10.6 Å². The smallest absolute Gasteiger partial charge is 0.293 e. The molecule has 0 saturated heterocycles. The number of nitrogens with one attached hydrogen (secondary N) is 2. The van der Waals surface area contributed by atoms with E-state index >= 15 is 0 Å². The molecule has 0 aliphatic rings. The van der Waals surface area contributed by atoms with Crippen molar-refractivity contribution in [3.8, 4) is 0 Å². The molecule has 0 fully saturated rings. The van der Waals surface area contributed by atoms with Crippen LogP contribution in [-0.2, 0) is 23.9 Å². The molecule has 0 aliphatic heterocycles. The molecule has 7 nitrogen and oxygen atoms in total. The Labute approximate surface area is 138 Å². The Balaban J connectivity index is 4.00. The zero-order valence-corrected chi connectivity index (χ0v) is 14.4. The molecule has 0 saturated carbocycles. The number of amides is 2. The summed E-state index contributed by atoms with van der Waals surface area (Å²) in [6.45, 7) is 7.21. The maximum absolute atomic E-state index is 11.7. The molecule has 0 spiro atoms. The van der Waals surface area contributed by atoms with E-state index in [2.05, 4.69) is 17.6 Å². The highest BCUT2D eigenvalue weighted by Gasteiger charge is 2.14. The van der Waals surface area contributed by atoms with E-state index in [1.54, 1.807) is 0 Å². The Morgan fingerprint density at radius 2 is 1.78 bits per heavy atom. The predicted molar refractivity (Wildman–Crippen MR) is 86.8 cm³/mol. The van der Waals surface area contributed by atoms with E-state index in [1.807, 2.05) is 13.8 Å². The highest BCUT2D eigenvalue weighted by Crippen LogP contribution is 2.05. The standard InChI is InChI=1S/C16H30N2O5/c1-4-6-7-13(3)22-11-14(23-12-19)10-18-16(21)9-8-15(20)17-5-2/h12-14H,4-11H2,1-3H3,(H,17,20)(H,18,21). The van der Waals surface area contributed by atoms with Crippen LogP contribution in [0.1, 0.15) is 52.9 Å². The molecule has 0 rings (SSSR count). The third-order valence-electron chi connectivity index (χ3n) is 3.26. The van der Waals surface area contributed by atoms with E-state index in [1.165, 1.54) is 0 Å². The monoisotopic (exact) mass is 330 g/mol. The number of ether oxygens (including phenoxy) is 2.